The molecule has 3 aromatic rings. The number of ether oxygens (including phenoxy) is 3. The van der Waals surface area contributed by atoms with Crippen molar-refractivity contribution < 1.29 is 44.8 Å². The van der Waals surface area contributed by atoms with Crippen LogP contribution in [0.1, 0.15) is 78.2 Å². The molecule has 3 aromatic carbocycles. The summed E-state index contributed by atoms with van der Waals surface area (Å²) < 4.78 is 17.1. The Morgan fingerprint density at radius 2 is 0.745 bits per heavy atom. The predicted octanol–water partition coefficient (Wildman–Crippen LogP) is 11.1. The Morgan fingerprint density at radius 3 is 1.00 bits per heavy atom. The van der Waals surface area contributed by atoms with Crippen molar-refractivity contribution in [2.45, 2.75) is 78.2 Å². The molecule has 0 saturated carbocycles. The topological polar surface area (TPSA) is 149 Å². The second-order valence-corrected chi connectivity index (χ2v) is 11.6. The van der Waals surface area contributed by atoms with Gasteiger partial charge in [0.2, 0.25) is 0 Å². The average Bonchev–Trinajstić information content (AvgIpc) is 2.88. The summed E-state index contributed by atoms with van der Waals surface area (Å²) >= 11 is 5.60. The molecule has 3 rings (SSSR count). The molecule has 0 saturated heterocycles. The Bertz CT molecular complexity index is 1060. The van der Waals surface area contributed by atoms with E-state index in [1.807, 2.05) is 13.8 Å². The second-order valence-electron chi connectivity index (χ2n) is 9.44. The fourth-order valence-electron chi connectivity index (χ4n) is 2.55. The van der Waals surface area contributed by atoms with Crippen molar-refractivity contribution in [1.29, 1.82) is 0 Å². The Labute approximate surface area is 307 Å². The zero-order chi connectivity index (χ0) is 33.4. The third-order valence-electron chi connectivity index (χ3n) is 4.14. The molecule has 0 fully saturated rings. The first-order valence-corrected chi connectivity index (χ1v) is 16.4. The van der Waals surface area contributed by atoms with Gasteiger partial charge in [-0.1, -0.05) is 103 Å². The van der Waals surface area contributed by atoms with Gasteiger partial charge in [0.25, 0.3) is 0 Å². The molecule has 9 nitrogen and oxygen atoms in total. The van der Waals surface area contributed by atoms with Crippen LogP contribution in [0.25, 0.3) is 0 Å². The van der Waals surface area contributed by atoms with Crippen LogP contribution in [0.4, 0.5) is 0 Å². The van der Waals surface area contributed by atoms with Crippen molar-refractivity contribution in [3.05, 3.63) is 54.6 Å². The number of phenols is 6. The summed E-state index contributed by atoms with van der Waals surface area (Å²) in [4.78, 5) is 0. The highest BCUT2D eigenvalue weighted by atomic mass is 127. The fraction of sp³-hybridized carbons (Fsp3) is 0.500. The van der Waals surface area contributed by atoms with Crippen LogP contribution in [-0.4, -0.2) is 60.2 Å². The van der Waals surface area contributed by atoms with Crippen molar-refractivity contribution in [2.75, 3.05) is 29.6 Å². The van der Waals surface area contributed by atoms with Gasteiger partial charge in [0.05, 0.1) is 19.8 Å². The molecule has 0 spiro atoms. The fourth-order valence-corrected chi connectivity index (χ4v) is 2.55. The lowest BCUT2D eigenvalue weighted by Crippen LogP contribution is -2.04. The lowest BCUT2D eigenvalue weighted by Gasteiger charge is -2.10. The van der Waals surface area contributed by atoms with Crippen molar-refractivity contribution >= 4 is 38.5 Å². The van der Waals surface area contributed by atoms with Gasteiger partial charge in [-0.2, -0.15) is 0 Å². The molecule has 0 aliphatic heterocycles. The molecule has 6 N–H and O–H groups in total. The number of hydrogen-bond acceptors (Lipinski definition) is 9. The molecule has 0 atom stereocenters. The molecule has 0 aliphatic carbocycles. The summed E-state index contributed by atoms with van der Waals surface area (Å²) in [6.45, 7) is 16.1. The maximum Gasteiger partial charge on any atom is 0.126 e. The number of benzene rings is 3. The molecule has 0 bridgehead atoms. The molecule has 0 amide bonds. The molecular weight excluding hydrogens is 783 g/mol. The Balaban J connectivity index is -0.000000118. The summed E-state index contributed by atoms with van der Waals surface area (Å²) in [7, 11) is 0. The van der Waals surface area contributed by atoms with Gasteiger partial charge in [-0.15, -0.1) is 0 Å². The minimum absolute atomic E-state index is 0. The number of hydrogen-bond donors (Lipinski definition) is 6. The first kappa shape index (κ1) is 56.4. The second kappa shape index (κ2) is 34.4. The number of alkyl halides is 2. The molecule has 11 heteroatoms. The first-order valence-electron chi connectivity index (χ1n) is 13.8. The molecule has 0 heterocycles. The van der Waals surface area contributed by atoms with Crippen LogP contribution in [-0.2, 0) is 0 Å². The summed E-state index contributed by atoms with van der Waals surface area (Å²) in [6.07, 6.45) is 0. The lowest BCUT2D eigenvalue weighted by molar-refractivity contribution is 0.266. The van der Waals surface area contributed by atoms with Gasteiger partial charge in [-0.3, -0.25) is 0 Å². The number of aromatic hydroxyl groups is 6. The van der Waals surface area contributed by atoms with Gasteiger partial charge in [-0.05, 0) is 30.1 Å². The van der Waals surface area contributed by atoms with Crippen LogP contribution in [0.2, 0.25) is 0 Å². The van der Waals surface area contributed by atoms with Crippen LogP contribution in [0.3, 0.4) is 0 Å². The monoisotopic (exact) mass is 846 g/mol. The summed E-state index contributed by atoms with van der Waals surface area (Å²) in [5.41, 5.74) is 0. The van der Waals surface area contributed by atoms with Crippen LogP contribution in [0.15, 0.2) is 54.6 Å². The Hall–Kier alpha value is -2.93. The highest BCUT2D eigenvalue weighted by molar-refractivity contribution is 14.1. The van der Waals surface area contributed by atoms with Gasteiger partial charge >= 0.3 is 0 Å². The third-order valence-corrected chi connectivity index (χ3v) is 5.44. The molecule has 0 radical (unpaired) electrons. The largest absolute Gasteiger partial charge is 0.508 e. The number of rotatable bonds is 8. The lowest BCUT2D eigenvalue weighted by atomic mass is 10.2. The molecule has 0 aliphatic rings. The highest BCUT2D eigenvalue weighted by Crippen LogP contribution is 2.27. The minimum atomic E-state index is -0.146. The summed E-state index contributed by atoms with van der Waals surface area (Å²) in [5.74, 6) is 2.76. The zero-order valence-electron chi connectivity index (χ0n) is 26.1. The Kier molecular flexibility index (Phi) is 41.3. The van der Waals surface area contributed by atoms with Gasteiger partial charge in [-0.25, -0.2) is 0 Å². The minimum Gasteiger partial charge on any atom is -0.508 e. The quantitative estimate of drug-likeness (QED) is 0.0962. The van der Waals surface area contributed by atoms with Gasteiger partial charge in [0.1, 0.15) is 51.7 Å². The van der Waals surface area contributed by atoms with Gasteiger partial charge in [0, 0.05) is 59.9 Å². The number of halogens is 2. The van der Waals surface area contributed by atoms with E-state index >= 15 is 0 Å². The van der Waals surface area contributed by atoms with E-state index in [-0.39, 0.29) is 64.2 Å². The number of phenolic OH excluding ortho intramolecular Hbond substituents is 6. The molecule has 276 valence electrons. The maximum atomic E-state index is 9.43. The van der Waals surface area contributed by atoms with Crippen LogP contribution < -0.4 is 14.2 Å². The zero-order valence-corrected chi connectivity index (χ0v) is 29.8. The molecule has 0 unspecified atom stereocenters. The molecule has 0 aromatic heterocycles. The van der Waals surface area contributed by atoms with E-state index < -0.39 is 0 Å². The van der Waals surface area contributed by atoms with Crippen molar-refractivity contribution in [1.82, 2.24) is 0 Å². The van der Waals surface area contributed by atoms with E-state index in [1.54, 1.807) is 18.2 Å². The van der Waals surface area contributed by atoms with E-state index in [0.29, 0.717) is 43.0 Å². The van der Waals surface area contributed by atoms with Crippen LogP contribution >= 0.6 is 38.5 Å². The first-order chi connectivity index (χ1) is 20.2. The standard InChI is InChI=1S/C12H18O3.C8H10O3.C6H6O3.C4H9Br.C2H5I.4CH4/c1-4-14-11-5-10(13)6-12(7-11)15-8-9(2)3;1-2-11-8-4-6(9)3-7(10)5-8;7-4-1-5(8)3-6(9)2-4;1-4(2)3-5;1-2-3;;;;/h5-7,9,13H,4,8H2,1-3H3;3-5,9-10H,2H2,1H3;1-3,7-9H;4H,3H2,1-2H3;2H2,1H3;4*1H4. The van der Waals surface area contributed by atoms with Crippen LogP contribution in [0.5, 0.6) is 51.7 Å². The Morgan fingerprint density at radius 1 is 0.511 bits per heavy atom. The van der Waals surface area contributed by atoms with Crippen LogP contribution in [0, 0.1) is 11.8 Å². The molecular formula is C36H64BrIO9. The smallest absolute Gasteiger partial charge is 0.126 e. The van der Waals surface area contributed by atoms with Gasteiger partial charge in [0.15, 0.2) is 0 Å². The van der Waals surface area contributed by atoms with E-state index in [1.165, 1.54) is 22.6 Å². The maximum absolute atomic E-state index is 9.43. The predicted molar refractivity (Wildman–Crippen MR) is 212 cm³/mol. The van der Waals surface area contributed by atoms with E-state index in [4.69, 9.17) is 39.7 Å². The van der Waals surface area contributed by atoms with Crippen molar-refractivity contribution in [2.24, 2.45) is 11.8 Å². The summed E-state index contributed by atoms with van der Waals surface area (Å²) in [5, 5.41) is 54.5. The van der Waals surface area contributed by atoms with E-state index in [2.05, 4.69) is 73.1 Å². The van der Waals surface area contributed by atoms with Crippen molar-refractivity contribution in [3.63, 3.8) is 0 Å². The summed E-state index contributed by atoms with van der Waals surface area (Å²) in [6, 6.07) is 12.5. The average molecular weight is 848 g/mol. The van der Waals surface area contributed by atoms with Gasteiger partial charge < -0.3 is 44.8 Å². The van der Waals surface area contributed by atoms with Crippen molar-refractivity contribution in [3.8, 4) is 51.7 Å². The van der Waals surface area contributed by atoms with E-state index in [9.17, 15) is 5.11 Å². The molecule has 47 heavy (non-hydrogen) atoms. The third kappa shape index (κ3) is 34.2. The highest BCUT2D eigenvalue weighted by Gasteiger charge is 2.03. The SMILES string of the molecule is C.C.C.C.CC(C)CBr.CCI.CCOc1cc(O)cc(O)c1.CCOc1cc(O)cc(OCC(C)C)c1.Oc1cc(O)cc(O)c1. The van der Waals surface area contributed by atoms with E-state index in [0.717, 1.165) is 29.4 Å². The normalized spacial score (nSPS) is 8.74.